The Labute approximate surface area is 203 Å². The zero-order valence-electron chi connectivity index (χ0n) is 20.1. The number of pyridine rings is 1. The predicted octanol–water partition coefficient (Wildman–Crippen LogP) is 2.48. The van der Waals surface area contributed by atoms with E-state index < -0.39 is 0 Å². The van der Waals surface area contributed by atoms with Gasteiger partial charge in [0.05, 0.1) is 23.0 Å². The molecule has 2 fully saturated rings. The molecule has 3 atom stereocenters. The fourth-order valence-electron chi connectivity index (χ4n) is 5.86. The lowest BCUT2D eigenvalue weighted by Gasteiger charge is -2.27. The molecular weight excluding hydrogens is 444 g/mol. The van der Waals surface area contributed by atoms with Gasteiger partial charge < -0.3 is 14.5 Å². The number of aromatic amines is 1. The Balaban J connectivity index is 1.13. The highest BCUT2D eigenvalue weighted by Gasteiger charge is 2.44. The van der Waals surface area contributed by atoms with E-state index in [0.29, 0.717) is 55.9 Å². The van der Waals surface area contributed by atoms with E-state index in [1.54, 1.807) is 6.07 Å². The molecule has 9 nitrogen and oxygen atoms in total. The summed E-state index contributed by atoms with van der Waals surface area (Å²) in [6.45, 7) is 6.68. The normalized spacial score (nSPS) is 23.6. The molecule has 35 heavy (non-hydrogen) atoms. The monoisotopic (exact) mass is 474 g/mol. The van der Waals surface area contributed by atoms with Crippen LogP contribution >= 0.6 is 0 Å². The highest BCUT2D eigenvalue weighted by atomic mass is 16.5. The topological polar surface area (TPSA) is 104 Å². The average molecular weight is 475 g/mol. The van der Waals surface area contributed by atoms with Gasteiger partial charge in [0, 0.05) is 61.8 Å². The third-order valence-corrected chi connectivity index (χ3v) is 7.57. The van der Waals surface area contributed by atoms with Crippen molar-refractivity contribution >= 4 is 22.7 Å². The van der Waals surface area contributed by atoms with E-state index in [1.807, 2.05) is 47.9 Å². The van der Waals surface area contributed by atoms with Gasteiger partial charge >= 0.3 is 0 Å². The molecule has 9 heteroatoms. The van der Waals surface area contributed by atoms with Crippen molar-refractivity contribution in [3.8, 4) is 5.75 Å². The number of nitrogens with zero attached hydrogens (tertiary/aromatic N) is 5. The first-order valence-electron chi connectivity index (χ1n) is 12.5. The molecule has 2 aromatic heterocycles. The van der Waals surface area contributed by atoms with Gasteiger partial charge in [-0.05, 0) is 38.8 Å². The first kappa shape index (κ1) is 22.0. The molecule has 2 amide bonds. The fraction of sp³-hybridized carbons (Fsp3) is 0.500. The Bertz CT molecular complexity index is 1270. The summed E-state index contributed by atoms with van der Waals surface area (Å²) in [4.78, 5) is 35.2. The van der Waals surface area contributed by atoms with E-state index in [9.17, 15) is 9.59 Å². The maximum absolute atomic E-state index is 13.4. The molecule has 4 heterocycles. The number of hydrogen-bond donors (Lipinski definition) is 1. The number of carbonyl (C=O) groups excluding carboxylic acids is 2. The number of nitrogens with one attached hydrogen (secondary N) is 1. The number of aromatic nitrogens is 4. The van der Waals surface area contributed by atoms with Gasteiger partial charge in [-0.15, -0.1) is 0 Å². The molecule has 3 aliphatic rings. The van der Waals surface area contributed by atoms with E-state index >= 15 is 0 Å². The van der Waals surface area contributed by atoms with E-state index in [2.05, 4.69) is 20.4 Å². The summed E-state index contributed by atoms with van der Waals surface area (Å²) < 4.78 is 6.01. The van der Waals surface area contributed by atoms with Crippen molar-refractivity contribution in [2.45, 2.75) is 39.2 Å². The number of amides is 2. The average Bonchev–Trinajstić information content (AvgIpc) is 3.57. The van der Waals surface area contributed by atoms with Crippen LogP contribution in [0.25, 0.3) is 10.9 Å². The molecule has 0 saturated carbocycles. The molecule has 0 radical (unpaired) electrons. The largest absolute Gasteiger partial charge is 0.490 e. The summed E-state index contributed by atoms with van der Waals surface area (Å²) in [5, 5.41) is 12.0. The maximum Gasteiger partial charge on any atom is 0.272 e. The minimum Gasteiger partial charge on any atom is -0.490 e. The third-order valence-electron chi connectivity index (χ3n) is 7.57. The van der Waals surface area contributed by atoms with Crippen molar-refractivity contribution in [2.24, 2.45) is 17.8 Å². The van der Waals surface area contributed by atoms with Crippen LogP contribution in [0.1, 0.15) is 42.1 Å². The number of aryl methyl sites for hydroxylation is 1. The molecule has 182 valence electrons. The minimum absolute atomic E-state index is 0.00142. The molecule has 0 bridgehead atoms. The number of carbonyl (C=O) groups is 2. The van der Waals surface area contributed by atoms with Gasteiger partial charge in [0.25, 0.3) is 5.91 Å². The van der Waals surface area contributed by atoms with Crippen LogP contribution in [-0.4, -0.2) is 74.3 Å². The smallest absolute Gasteiger partial charge is 0.272 e. The number of benzene rings is 1. The standard InChI is InChI=1S/C26H30N6O3/c1-15(2)35-24-10-23(27-20-6-4-3-5-19(20)24)26(34)32-13-17-11-31(12-18(17)14-32)25(33)16-7-8-21-22(9-16)29-30-28-21/h3-6,10,15-18H,7-9,11-14H2,1-2H3,(H,28,29,30)/t16-,17+,18?/m1/s1. The summed E-state index contributed by atoms with van der Waals surface area (Å²) >= 11 is 0. The van der Waals surface area contributed by atoms with Gasteiger partial charge in [0.15, 0.2) is 0 Å². The van der Waals surface area contributed by atoms with Crippen molar-refractivity contribution in [3.05, 3.63) is 47.4 Å². The molecule has 3 aromatic rings. The second-order valence-electron chi connectivity index (χ2n) is 10.3. The first-order valence-corrected chi connectivity index (χ1v) is 12.5. The Morgan fingerprint density at radius 1 is 1.03 bits per heavy atom. The number of H-pyrrole nitrogens is 1. The summed E-state index contributed by atoms with van der Waals surface area (Å²) in [5.41, 5.74) is 3.09. The second kappa shape index (κ2) is 8.62. The maximum atomic E-state index is 13.4. The zero-order valence-corrected chi connectivity index (χ0v) is 20.1. The van der Waals surface area contributed by atoms with Gasteiger partial charge in [-0.2, -0.15) is 15.4 Å². The van der Waals surface area contributed by atoms with Crippen LogP contribution in [0.5, 0.6) is 5.75 Å². The van der Waals surface area contributed by atoms with Gasteiger partial charge in [-0.25, -0.2) is 4.98 Å². The lowest BCUT2D eigenvalue weighted by molar-refractivity contribution is -0.135. The van der Waals surface area contributed by atoms with E-state index in [0.717, 1.165) is 35.1 Å². The van der Waals surface area contributed by atoms with Gasteiger partial charge in [0.1, 0.15) is 11.4 Å². The van der Waals surface area contributed by atoms with Crippen molar-refractivity contribution in [3.63, 3.8) is 0 Å². The van der Waals surface area contributed by atoms with Crippen LogP contribution in [0.3, 0.4) is 0 Å². The summed E-state index contributed by atoms with van der Waals surface area (Å²) in [6, 6.07) is 9.52. The van der Waals surface area contributed by atoms with Crippen molar-refractivity contribution in [1.29, 1.82) is 0 Å². The van der Waals surface area contributed by atoms with Crippen LogP contribution in [0.2, 0.25) is 0 Å². The number of para-hydroxylation sites is 1. The van der Waals surface area contributed by atoms with Gasteiger partial charge in [-0.3, -0.25) is 9.59 Å². The molecule has 1 N–H and O–H groups in total. The summed E-state index contributed by atoms with van der Waals surface area (Å²) in [7, 11) is 0. The Kier molecular flexibility index (Phi) is 5.42. The van der Waals surface area contributed by atoms with E-state index in [4.69, 9.17) is 4.74 Å². The summed E-state index contributed by atoms with van der Waals surface area (Å²) in [5.74, 6) is 1.43. The van der Waals surface area contributed by atoms with E-state index in [1.165, 1.54) is 0 Å². The van der Waals surface area contributed by atoms with Crippen LogP contribution in [0.4, 0.5) is 0 Å². The van der Waals surface area contributed by atoms with Gasteiger partial charge in [0.2, 0.25) is 5.91 Å². The number of rotatable bonds is 4. The molecule has 2 saturated heterocycles. The van der Waals surface area contributed by atoms with Crippen molar-refractivity contribution < 1.29 is 14.3 Å². The fourth-order valence-corrected chi connectivity index (χ4v) is 5.86. The predicted molar refractivity (Wildman–Crippen MR) is 129 cm³/mol. The van der Waals surface area contributed by atoms with Crippen molar-refractivity contribution in [2.75, 3.05) is 26.2 Å². The number of likely N-dealkylation sites (tertiary alicyclic amines) is 2. The Morgan fingerprint density at radius 3 is 2.51 bits per heavy atom. The van der Waals surface area contributed by atoms with Crippen LogP contribution in [-0.2, 0) is 17.6 Å². The Hall–Kier alpha value is -3.49. The van der Waals surface area contributed by atoms with Crippen molar-refractivity contribution in [1.82, 2.24) is 30.2 Å². The lowest BCUT2D eigenvalue weighted by Crippen LogP contribution is -2.40. The number of fused-ring (bicyclic) bond motifs is 3. The minimum atomic E-state index is -0.0672. The zero-order chi connectivity index (χ0) is 24.1. The van der Waals surface area contributed by atoms with Gasteiger partial charge in [-0.1, -0.05) is 12.1 Å². The molecule has 0 spiro atoms. The highest BCUT2D eigenvalue weighted by Crippen LogP contribution is 2.35. The van der Waals surface area contributed by atoms with E-state index in [-0.39, 0.29) is 23.8 Å². The molecular formula is C26H30N6O3. The Morgan fingerprint density at radius 2 is 1.74 bits per heavy atom. The number of hydrogen-bond acceptors (Lipinski definition) is 6. The SMILES string of the molecule is CC(C)Oc1cc(C(=O)N2CC3CN(C(=O)[C@@H]4CCc5n[nH]nc5C4)C[C@H]3C2)nc2ccccc12. The molecule has 2 aliphatic heterocycles. The molecule has 6 rings (SSSR count). The second-order valence-corrected chi connectivity index (χ2v) is 10.3. The molecule has 1 unspecified atom stereocenters. The van der Waals surface area contributed by atoms with Crippen LogP contribution < -0.4 is 4.74 Å². The van der Waals surface area contributed by atoms with Crippen LogP contribution in [0.15, 0.2) is 30.3 Å². The van der Waals surface area contributed by atoms with Crippen LogP contribution in [0, 0.1) is 17.8 Å². The number of ether oxygens (including phenoxy) is 1. The molecule has 1 aromatic carbocycles. The third kappa shape index (κ3) is 4.02. The quantitative estimate of drug-likeness (QED) is 0.623. The molecule has 1 aliphatic carbocycles. The first-order chi connectivity index (χ1) is 17.0. The highest BCUT2D eigenvalue weighted by molar-refractivity contribution is 5.97. The summed E-state index contributed by atoms with van der Waals surface area (Å²) in [6.07, 6.45) is 2.28. The lowest BCUT2D eigenvalue weighted by atomic mass is 9.89.